The number of nitrogens with zero attached hydrogens (tertiary/aromatic N) is 1. The van der Waals surface area contributed by atoms with Gasteiger partial charge in [-0.3, -0.25) is 0 Å². The Morgan fingerprint density at radius 2 is 1.71 bits per heavy atom. The first-order chi connectivity index (χ1) is 10.2. The summed E-state index contributed by atoms with van der Waals surface area (Å²) >= 11 is 0. The van der Waals surface area contributed by atoms with Crippen LogP contribution in [0.5, 0.6) is 0 Å². The number of benzene rings is 1. The molecule has 2 aromatic rings. The molecule has 2 nitrogen and oxygen atoms in total. The van der Waals surface area contributed by atoms with Gasteiger partial charge in [-0.1, -0.05) is 31.0 Å². The van der Waals surface area contributed by atoms with E-state index in [4.69, 9.17) is 0 Å². The minimum absolute atomic E-state index is 0.266. The quantitative estimate of drug-likeness (QED) is 0.835. The number of nitrogens with one attached hydrogen (secondary N) is 1. The summed E-state index contributed by atoms with van der Waals surface area (Å²) in [4.78, 5) is 0. The molecule has 1 aliphatic heterocycles. The molecule has 0 bridgehead atoms. The topological polar surface area (TPSA) is 17.0 Å². The number of fused-ring (bicyclic) bond motifs is 2. The number of hydrogen-bond acceptors (Lipinski definition) is 1. The maximum absolute atomic E-state index is 3.87. The highest BCUT2D eigenvalue weighted by molar-refractivity contribution is 5.51. The molecule has 1 aromatic heterocycles. The molecule has 1 fully saturated rings. The second-order valence-corrected chi connectivity index (χ2v) is 6.66. The van der Waals surface area contributed by atoms with E-state index in [9.17, 15) is 0 Å². The van der Waals surface area contributed by atoms with Gasteiger partial charge in [0, 0.05) is 29.2 Å². The Morgan fingerprint density at radius 1 is 1.00 bits per heavy atom. The Kier molecular flexibility index (Phi) is 2.97. The van der Waals surface area contributed by atoms with Crippen LogP contribution in [0.15, 0.2) is 30.3 Å². The lowest BCUT2D eigenvalue weighted by atomic mass is 9.81. The van der Waals surface area contributed by atoms with E-state index in [2.05, 4.69) is 54.1 Å². The third-order valence-corrected chi connectivity index (χ3v) is 5.56. The summed E-state index contributed by atoms with van der Waals surface area (Å²) in [6.45, 7) is 5.74. The van der Waals surface area contributed by atoms with Crippen molar-refractivity contribution < 1.29 is 0 Å². The predicted octanol–water partition coefficient (Wildman–Crippen LogP) is 4.01. The van der Waals surface area contributed by atoms with E-state index >= 15 is 0 Å². The highest BCUT2D eigenvalue weighted by Gasteiger charge is 2.42. The monoisotopic (exact) mass is 280 g/mol. The van der Waals surface area contributed by atoms with E-state index in [1.807, 2.05) is 0 Å². The first kappa shape index (κ1) is 13.1. The molecule has 1 N–H and O–H groups in total. The standard InChI is InChI=1S/C19H24N2/c1-14-17-10-13-20-19(11-6-7-12-19)18(17)15(2)21(14)16-8-4-3-5-9-16/h3-5,8-9,20H,6-7,10-13H2,1-2H3. The summed E-state index contributed by atoms with van der Waals surface area (Å²) in [5.41, 5.74) is 7.69. The highest BCUT2D eigenvalue weighted by Crippen LogP contribution is 2.45. The lowest BCUT2D eigenvalue weighted by Crippen LogP contribution is -2.45. The summed E-state index contributed by atoms with van der Waals surface area (Å²) in [5, 5.41) is 3.87. The molecule has 0 radical (unpaired) electrons. The molecular weight excluding hydrogens is 256 g/mol. The second kappa shape index (κ2) is 4.74. The summed E-state index contributed by atoms with van der Waals surface area (Å²) in [6, 6.07) is 10.8. The van der Waals surface area contributed by atoms with Gasteiger partial charge in [-0.25, -0.2) is 0 Å². The van der Waals surface area contributed by atoms with Crippen molar-refractivity contribution in [1.29, 1.82) is 0 Å². The molecule has 0 atom stereocenters. The average Bonchev–Trinajstić information content (AvgIpc) is 3.06. The van der Waals surface area contributed by atoms with Crippen LogP contribution in [-0.4, -0.2) is 11.1 Å². The SMILES string of the molecule is Cc1c2c(c(C)n1-c1ccccc1)C1(CCCC1)NCC2. The summed E-state index contributed by atoms with van der Waals surface area (Å²) in [5.74, 6) is 0. The van der Waals surface area contributed by atoms with Crippen LogP contribution in [0.3, 0.4) is 0 Å². The fourth-order valence-corrected chi connectivity index (χ4v) is 4.72. The van der Waals surface area contributed by atoms with Gasteiger partial charge in [0.15, 0.2) is 0 Å². The van der Waals surface area contributed by atoms with Crippen molar-refractivity contribution in [2.45, 2.75) is 51.5 Å². The molecule has 0 saturated heterocycles. The molecule has 21 heavy (non-hydrogen) atoms. The molecule has 1 aromatic carbocycles. The third kappa shape index (κ3) is 1.82. The molecule has 110 valence electrons. The predicted molar refractivity (Wildman–Crippen MR) is 87.1 cm³/mol. The Labute approximate surface area is 127 Å². The lowest BCUT2D eigenvalue weighted by molar-refractivity contribution is 0.323. The maximum atomic E-state index is 3.87. The lowest BCUT2D eigenvalue weighted by Gasteiger charge is -2.36. The number of para-hydroxylation sites is 1. The minimum atomic E-state index is 0.266. The molecule has 1 saturated carbocycles. The maximum Gasteiger partial charge on any atom is 0.0455 e. The van der Waals surface area contributed by atoms with Crippen LogP contribution in [0.25, 0.3) is 5.69 Å². The van der Waals surface area contributed by atoms with Gasteiger partial charge in [0.05, 0.1) is 0 Å². The zero-order valence-electron chi connectivity index (χ0n) is 13.1. The van der Waals surface area contributed by atoms with Crippen molar-refractivity contribution >= 4 is 0 Å². The van der Waals surface area contributed by atoms with Crippen LogP contribution in [0, 0.1) is 13.8 Å². The largest absolute Gasteiger partial charge is 0.318 e. The minimum Gasteiger partial charge on any atom is -0.318 e. The van der Waals surface area contributed by atoms with Crippen molar-refractivity contribution in [2.24, 2.45) is 0 Å². The van der Waals surface area contributed by atoms with Crippen LogP contribution >= 0.6 is 0 Å². The molecule has 2 aliphatic rings. The Morgan fingerprint density at radius 3 is 2.43 bits per heavy atom. The van der Waals surface area contributed by atoms with Crippen molar-refractivity contribution in [3.8, 4) is 5.69 Å². The van der Waals surface area contributed by atoms with Crippen molar-refractivity contribution in [1.82, 2.24) is 9.88 Å². The molecule has 1 aliphatic carbocycles. The molecule has 1 spiro atoms. The van der Waals surface area contributed by atoms with Gasteiger partial charge in [-0.05, 0) is 56.4 Å². The molecular formula is C19H24N2. The van der Waals surface area contributed by atoms with Gasteiger partial charge >= 0.3 is 0 Å². The van der Waals surface area contributed by atoms with Gasteiger partial charge < -0.3 is 9.88 Å². The zero-order chi connectivity index (χ0) is 14.4. The zero-order valence-corrected chi connectivity index (χ0v) is 13.1. The van der Waals surface area contributed by atoms with E-state index in [0.717, 1.165) is 6.54 Å². The van der Waals surface area contributed by atoms with Crippen LogP contribution in [0.2, 0.25) is 0 Å². The van der Waals surface area contributed by atoms with Crippen molar-refractivity contribution in [2.75, 3.05) is 6.54 Å². The van der Waals surface area contributed by atoms with E-state index in [1.54, 1.807) is 11.1 Å². The first-order valence-corrected chi connectivity index (χ1v) is 8.25. The van der Waals surface area contributed by atoms with Crippen LogP contribution < -0.4 is 5.32 Å². The normalized spacial score (nSPS) is 19.9. The molecule has 4 rings (SSSR count). The average molecular weight is 280 g/mol. The number of aromatic nitrogens is 1. The highest BCUT2D eigenvalue weighted by atomic mass is 15.1. The van der Waals surface area contributed by atoms with Gasteiger partial charge in [0.25, 0.3) is 0 Å². The third-order valence-electron chi connectivity index (χ3n) is 5.56. The van der Waals surface area contributed by atoms with Crippen LogP contribution in [0.1, 0.15) is 48.2 Å². The molecule has 2 heterocycles. The second-order valence-electron chi connectivity index (χ2n) is 6.66. The molecule has 2 heteroatoms. The van der Waals surface area contributed by atoms with Crippen molar-refractivity contribution in [3.05, 3.63) is 52.8 Å². The van der Waals surface area contributed by atoms with Crippen molar-refractivity contribution in [3.63, 3.8) is 0 Å². The molecule has 0 amide bonds. The fourth-order valence-electron chi connectivity index (χ4n) is 4.72. The van der Waals surface area contributed by atoms with Gasteiger partial charge in [0.1, 0.15) is 0 Å². The summed E-state index contributed by atoms with van der Waals surface area (Å²) in [6.07, 6.45) is 6.50. The first-order valence-electron chi connectivity index (χ1n) is 8.25. The van der Waals surface area contributed by atoms with Crippen LogP contribution in [0.4, 0.5) is 0 Å². The fraction of sp³-hybridized carbons (Fsp3) is 0.474. The number of rotatable bonds is 1. The van der Waals surface area contributed by atoms with E-state index in [0.29, 0.717) is 0 Å². The smallest absolute Gasteiger partial charge is 0.0455 e. The van der Waals surface area contributed by atoms with E-state index in [-0.39, 0.29) is 5.54 Å². The Balaban J connectivity index is 1.95. The summed E-state index contributed by atoms with van der Waals surface area (Å²) in [7, 11) is 0. The van der Waals surface area contributed by atoms with Crippen LogP contribution in [-0.2, 0) is 12.0 Å². The summed E-state index contributed by atoms with van der Waals surface area (Å²) < 4.78 is 2.47. The van der Waals surface area contributed by atoms with Gasteiger partial charge in [-0.2, -0.15) is 0 Å². The van der Waals surface area contributed by atoms with Gasteiger partial charge in [0.2, 0.25) is 0 Å². The van der Waals surface area contributed by atoms with Gasteiger partial charge in [-0.15, -0.1) is 0 Å². The van der Waals surface area contributed by atoms with E-state index in [1.165, 1.54) is 49.2 Å². The van der Waals surface area contributed by atoms with E-state index < -0.39 is 0 Å². The molecule has 0 unspecified atom stereocenters. The Hall–Kier alpha value is -1.54. The number of hydrogen-bond donors (Lipinski definition) is 1. The Bertz CT molecular complexity index is 661.